The van der Waals surface area contributed by atoms with Gasteiger partial charge >= 0.3 is 0 Å². The Hall–Kier alpha value is -2.05. The lowest BCUT2D eigenvalue weighted by Gasteiger charge is -2.18. The summed E-state index contributed by atoms with van der Waals surface area (Å²) in [6.45, 7) is 1.86. The van der Waals surface area contributed by atoms with Crippen LogP contribution in [0.5, 0.6) is 0 Å². The number of rotatable bonds is 4. The third-order valence-electron chi connectivity index (χ3n) is 2.73. The van der Waals surface area contributed by atoms with E-state index < -0.39 is 16.0 Å². The van der Waals surface area contributed by atoms with Gasteiger partial charge in [0.2, 0.25) is 0 Å². The highest BCUT2D eigenvalue weighted by Crippen LogP contribution is 2.19. The molecule has 0 amide bonds. The number of halogens is 1. The van der Waals surface area contributed by atoms with Gasteiger partial charge in [-0.1, -0.05) is 36.8 Å². The number of benzene rings is 1. The lowest BCUT2D eigenvalue weighted by atomic mass is 10.1. The summed E-state index contributed by atoms with van der Waals surface area (Å²) in [6.07, 6.45) is 6.12. The van der Waals surface area contributed by atoms with Crippen molar-refractivity contribution in [2.24, 2.45) is 4.40 Å². The third kappa shape index (κ3) is 3.78. The van der Waals surface area contributed by atoms with Gasteiger partial charge in [-0.3, -0.25) is 0 Å². The Morgan fingerprint density at radius 3 is 2.50 bits per heavy atom. The Balaban J connectivity index is 2.45. The zero-order valence-electron chi connectivity index (χ0n) is 11.7. The largest absolute Gasteiger partial charge is 0.613 e. The van der Waals surface area contributed by atoms with Gasteiger partial charge in [0, 0.05) is 10.6 Å². The molecule has 0 aromatic heterocycles. The molecule has 0 atom stereocenters. The average molecular weight is 339 g/mol. The highest BCUT2D eigenvalue weighted by atomic mass is 35.5. The molecule has 0 bridgehead atoms. The molecule has 22 heavy (non-hydrogen) atoms. The van der Waals surface area contributed by atoms with E-state index in [4.69, 9.17) is 16.3 Å². The molecule has 0 fully saturated rings. The van der Waals surface area contributed by atoms with E-state index in [9.17, 15) is 13.5 Å². The summed E-state index contributed by atoms with van der Waals surface area (Å²) in [5.41, 5.74) is 0.137. The van der Waals surface area contributed by atoms with Crippen LogP contribution in [0.1, 0.15) is 6.92 Å². The van der Waals surface area contributed by atoms with E-state index >= 15 is 0 Å². The molecule has 1 aromatic carbocycles. The van der Waals surface area contributed by atoms with Crippen LogP contribution in [0.2, 0.25) is 5.02 Å². The Bertz CT molecular complexity index is 774. The summed E-state index contributed by atoms with van der Waals surface area (Å²) >= 11 is 5.74. The second kappa shape index (κ2) is 6.81. The van der Waals surface area contributed by atoms with Crippen LogP contribution in [0.25, 0.3) is 0 Å². The molecule has 1 aliphatic rings. The second-order valence-electron chi connectivity index (χ2n) is 4.26. The molecule has 0 aliphatic heterocycles. The molecule has 2 rings (SSSR count). The number of hydrogen-bond donors (Lipinski definition) is 0. The summed E-state index contributed by atoms with van der Waals surface area (Å²) in [6, 6.07) is 5.63. The van der Waals surface area contributed by atoms with Gasteiger partial charge in [0.05, 0.1) is 16.6 Å². The maximum absolute atomic E-state index is 12.3. The van der Waals surface area contributed by atoms with E-state index in [-0.39, 0.29) is 22.8 Å². The number of sulfonamides is 1. The SMILES string of the molecule is CCOC([O-])=C1C=CC=CC1=NS(=O)(=O)c1ccc(Cl)cc1. The van der Waals surface area contributed by atoms with Crippen LogP contribution in [0.4, 0.5) is 0 Å². The van der Waals surface area contributed by atoms with Crippen molar-refractivity contribution in [3.8, 4) is 0 Å². The summed E-state index contributed by atoms with van der Waals surface area (Å²) in [5, 5.41) is 12.3. The molecule has 0 heterocycles. The first kappa shape index (κ1) is 16.3. The van der Waals surface area contributed by atoms with Crippen molar-refractivity contribution in [3.63, 3.8) is 0 Å². The summed E-state index contributed by atoms with van der Waals surface area (Å²) in [5.74, 6) is -0.617. The molecule has 0 unspecified atom stereocenters. The van der Waals surface area contributed by atoms with Gasteiger partial charge in [-0.2, -0.15) is 12.8 Å². The normalized spacial score (nSPS) is 18.5. The molecule has 1 aliphatic carbocycles. The molecule has 0 N–H and O–H groups in total. The van der Waals surface area contributed by atoms with Crippen LogP contribution < -0.4 is 5.11 Å². The highest BCUT2D eigenvalue weighted by Gasteiger charge is 2.16. The Labute approximate surface area is 134 Å². The minimum atomic E-state index is -3.94. The third-order valence-corrected chi connectivity index (χ3v) is 4.29. The van der Waals surface area contributed by atoms with E-state index in [1.807, 2.05) is 0 Å². The maximum Gasteiger partial charge on any atom is 0.282 e. The van der Waals surface area contributed by atoms with Crippen molar-refractivity contribution in [2.75, 3.05) is 6.61 Å². The molecule has 0 saturated carbocycles. The van der Waals surface area contributed by atoms with Crippen LogP contribution in [-0.2, 0) is 14.8 Å². The summed E-state index contributed by atoms with van der Waals surface area (Å²) in [4.78, 5) is -0.00411. The molecule has 0 radical (unpaired) electrons. The van der Waals surface area contributed by atoms with E-state index in [2.05, 4.69) is 4.40 Å². The van der Waals surface area contributed by atoms with Crippen LogP contribution >= 0.6 is 11.6 Å². The van der Waals surface area contributed by atoms with E-state index in [0.717, 1.165) is 0 Å². The average Bonchev–Trinajstić information content (AvgIpc) is 2.48. The fourth-order valence-electron chi connectivity index (χ4n) is 1.72. The molecule has 5 nitrogen and oxygen atoms in total. The van der Waals surface area contributed by atoms with Crippen LogP contribution in [0.3, 0.4) is 0 Å². The summed E-state index contributed by atoms with van der Waals surface area (Å²) in [7, 11) is -3.94. The van der Waals surface area contributed by atoms with Gasteiger partial charge < -0.3 is 9.84 Å². The van der Waals surface area contributed by atoms with Crippen molar-refractivity contribution < 1.29 is 18.3 Å². The molecule has 116 valence electrons. The van der Waals surface area contributed by atoms with Crippen molar-refractivity contribution in [1.29, 1.82) is 0 Å². The fraction of sp³-hybridized carbons (Fsp3) is 0.133. The second-order valence-corrected chi connectivity index (χ2v) is 6.30. The number of allylic oxidation sites excluding steroid dienone is 5. The molecule has 0 saturated heterocycles. The molecule has 7 heteroatoms. The van der Waals surface area contributed by atoms with Crippen molar-refractivity contribution in [3.05, 3.63) is 65.1 Å². The molecule has 1 aromatic rings. The highest BCUT2D eigenvalue weighted by molar-refractivity contribution is 7.90. The zero-order chi connectivity index (χ0) is 16.2. The Morgan fingerprint density at radius 2 is 1.86 bits per heavy atom. The van der Waals surface area contributed by atoms with E-state index in [0.29, 0.717) is 5.02 Å². The van der Waals surface area contributed by atoms with Gasteiger partial charge in [-0.05, 0) is 36.9 Å². The van der Waals surface area contributed by atoms with Gasteiger partial charge in [0.15, 0.2) is 0 Å². The van der Waals surface area contributed by atoms with Crippen LogP contribution in [0, 0.1) is 0 Å². The maximum atomic E-state index is 12.3. The summed E-state index contributed by atoms with van der Waals surface area (Å²) < 4.78 is 33.2. The predicted octanol–water partition coefficient (Wildman–Crippen LogP) is 2.20. The van der Waals surface area contributed by atoms with Crippen molar-refractivity contribution in [1.82, 2.24) is 0 Å². The quantitative estimate of drug-likeness (QED) is 0.788. The Morgan fingerprint density at radius 1 is 1.23 bits per heavy atom. The van der Waals surface area contributed by atoms with Crippen molar-refractivity contribution in [2.45, 2.75) is 11.8 Å². The molecular formula is C15H13ClNO4S-. The minimum absolute atomic E-state index is 0.00411. The first-order valence-corrected chi connectivity index (χ1v) is 8.25. The Kier molecular flexibility index (Phi) is 5.05. The van der Waals surface area contributed by atoms with E-state index in [1.165, 1.54) is 36.4 Å². The standard InChI is InChI=1S/C15H14ClNO4S/c1-2-21-15(18)13-5-3-4-6-14(13)17-22(19,20)12-9-7-11(16)8-10-12/h3-10,18H,2H2,1H3/p-1. The first-order valence-electron chi connectivity index (χ1n) is 6.44. The zero-order valence-corrected chi connectivity index (χ0v) is 13.3. The van der Waals surface area contributed by atoms with Crippen molar-refractivity contribution >= 4 is 27.3 Å². The molecular weight excluding hydrogens is 326 g/mol. The predicted molar refractivity (Wildman–Crippen MR) is 83.0 cm³/mol. The molecule has 0 spiro atoms. The lowest BCUT2D eigenvalue weighted by Crippen LogP contribution is -2.17. The monoisotopic (exact) mass is 338 g/mol. The topological polar surface area (TPSA) is 78.8 Å². The number of ether oxygens (including phenoxy) is 1. The van der Waals surface area contributed by atoms with Gasteiger partial charge in [-0.25, -0.2) is 0 Å². The van der Waals surface area contributed by atoms with Gasteiger partial charge in [0.1, 0.15) is 0 Å². The van der Waals surface area contributed by atoms with Crippen LogP contribution in [0.15, 0.2) is 69.4 Å². The minimum Gasteiger partial charge on any atom is -0.613 e. The van der Waals surface area contributed by atoms with E-state index in [1.54, 1.807) is 19.1 Å². The fourth-order valence-corrected chi connectivity index (χ4v) is 2.85. The first-order chi connectivity index (χ1) is 10.4. The van der Waals surface area contributed by atoms with Crippen LogP contribution in [-0.4, -0.2) is 20.7 Å². The number of hydrogen-bond acceptors (Lipinski definition) is 4. The smallest absolute Gasteiger partial charge is 0.282 e. The van der Waals surface area contributed by atoms with Gasteiger partial charge in [0.25, 0.3) is 10.0 Å². The lowest BCUT2D eigenvalue weighted by molar-refractivity contribution is -0.357. The van der Waals surface area contributed by atoms with Gasteiger partial charge in [-0.15, -0.1) is 0 Å². The number of nitrogens with zero attached hydrogens (tertiary/aromatic N) is 1.